The second kappa shape index (κ2) is 24.8. The lowest BCUT2D eigenvalue weighted by atomic mass is 9.88. The first-order chi connectivity index (χ1) is 21.3. The molecule has 44 heavy (non-hydrogen) atoms. The van der Waals surface area contributed by atoms with Gasteiger partial charge in [-0.25, -0.2) is 4.39 Å². The highest BCUT2D eigenvalue weighted by atomic mass is 35.5. The number of rotatable bonds is 9. The Morgan fingerprint density at radius 3 is 2.05 bits per heavy atom. The van der Waals surface area contributed by atoms with Crippen LogP contribution in [-0.2, 0) is 0 Å². The van der Waals surface area contributed by atoms with Crippen LogP contribution in [0.3, 0.4) is 0 Å². The molecule has 0 heterocycles. The Morgan fingerprint density at radius 1 is 0.909 bits per heavy atom. The van der Waals surface area contributed by atoms with E-state index in [1.165, 1.54) is 32.1 Å². The molecule has 3 aromatic rings. The molecule has 1 aliphatic rings. The van der Waals surface area contributed by atoms with Gasteiger partial charge in [-0.05, 0) is 61.1 Å². The van der Waals surface area contributed by atoms with Crippen molar-refractivity contribution < 1.29 is 14.2 Å². The molecule has 4 rings (SSSR count). The van der Waals surface area contributed by atoms with Crippen LogP contribution in [0.15, 0.2) is 60.7 Å². The third-order valence-corrected chi connectivity index (χ3v) is 7.45. The molecule has 0 bridgehead atoms. The predicted octanol–water partition coefficient (Wildman–Crippen LogP) is 10.4. The number of aryl methyl sites for hydroxylation is 1. The summed E-state index contributed by atoms with van der Waals surface area (Å²) < 4.78 is 21.1. The van der Waals surface area contributed by atoms with E-state index in [1.54, 1.807) is 18.2 Å². The maximum atomic E-state index is 15.5. The van der Waals surface area contributed by atoms with Gasteiger partial charge in [-0.1, -0.05) is 128 Å². The van der Waals surface area contributed by atoms with E-state index < -0.39 is 11.9 Å². The number of nitrogens with two attached hydrogens (primary N) is 2. The Morgan fingerprint density at radius 2 is 1.52 bits per heavy atom. The van der Waals surface area contributed by atoms with Gasteiger partial charge in [-0.15, -0.1) is 0 Å². The first-order valence-electron chi connectivity index (χ1n) is 16.8. The molecule has 0 aromatic heterocycles. The van der Waals surface area contributed by atoms with Gasteiger partial charge in [-0.3, -0.25) is 0 Å². The number of ether oxygens (including phenoxy) is 1. The third kappa shape index (κ3) is 13.7. The van der Waals surface area contributed by atoms with Gasteiger partial charge in [0.05, 0.1) is 6.10 Å². The lowest BCUT2D eigenvalue weighted by Gasteiger charge is -2.19. The van der Waals surface area contributed by atoms with Crippen LogP contribution < -0.4 is 16.2 Å². The van der Waals surface area contributed by atoms with E-state index in [4.69, 9.17) is 27.8 Å². The largest absolute Gasteiger partial charge is 0.488 e. The van der Waals surface area contributed by atoms with E-state index >= 15 is 4.39 Å². The molecule has 1 unspecified atom stereocenters. The summed E-state index contributed by atoms with van der Waals surface area (Å²) in [6.07, 6.45) is 7.47. The monoisotopic (exact) mass is 630 g/mol. The maximum absolute atomic E-state index is 15.5. The van der Waals surface area contributed by atoms with Crippen LogP contribution in [0.25, 0.3) is 11.1 Å². The number of aliphatic hydroxyl groups is 1. The van der Waals surface area contributed by atoms with Gasteiger partial charge >= 0.3 is 0 Å². The van der Waals surface area contributed by atoms with E-state index in [-0.39, 0.29) is 18.3 Å². The van der Waals surface area contributed by atoms with E-state index in [2.05, 4.69) is 0 Å². The van der Waals surface area contributed by atoms with Crippen molar-refractivity contribution in [3.63, 3.8) is 0 Å². The van der Waals surface area contributed by atoms with Gasteiger partial charge in [0.2, 0.25) is 0 Å². The highest BCUT2D eigenvalue weighted by Gasteiger charge is 2.20. The molecule has 2 atom stereocenters. The summed E-state index contributed by atoms with van der Waals surface area (Å²) in [5, 5.41) is 10.4. The SMILES string of the molecule is CC.CC.CC.CCC[C@H](O)COc1ccc(C)c(-c2cc(C(CN)c3ccccc3)ccc2Cl)c1F.NC1CCCCC1. The van der Waals surface area contributed by atoms with Crippen LogP contribution in [0, 0.1) is 12.7 Å². The minimum Gasteiger partial charge on any atom is -0.488 e. The predicted molar refractivity (Wildman–Crippen MR) is 190 cm³/mol. The van der Waals surface area contributed by atoms with Crippen molar-refractivity contribution in [2.45, 2.75) is 118 Å². The van der Waals surface area contributed by atoms with Crippen molar-refractivity contribution in [2.24, 2.45) is 11.5 Å². The van der Waals surface area contributed by atoms with Gasteiger partial charge < -0.3 is 21.3 Å². The van der Waals surface area contributed by atoms with Gasteiger partial charge in [0, 0.05) is 34.7 Å². The van der Waals surface area contributed by atoms with Crippen LogP contribution in [0.1, 0.15) is 116 Å². The number of halogens is 2. The normalized spacial score (nSPS) is 13.7. The lowest BCUT2D eigenvalue weighted by molar-refractivity contribution is 0.0973. The lowest BCUT2D eigenvalue weighted by Crippen LogP contribution is -2.22. The molecule has 0 amide bonds. The second-order valence-corrected chi connectivity index (χ2v) is 10.6. The molecule has 3 aromatic carbocycles. The fourth-order valence-electron chi connectivity index (χ4n) is 4.93. The molecular weight excluding hydrogens is 571 g/mol. The Labute approximate surface area is 273 Å². The zero-order valence-electron chi connectivity index (χ0n) is 28.6. The summed E-state index contributed by atoms with van der Waals surface area (Å²) in [5.74, 6) is -0.397. The molecule has 1 fully saturated rings. The molecule has 0 spiro atoms. The number of aliphatic hydroxyl groups excluding tert-OH is 1. The maximum Gasteiger partial charge on any atom is 0.173 e. The highest BCUT2D eigenvalue weighted by molar-refractivity contribution is 6.33. The minimum atomic E-state index is -0.628. The van der Waals surface area contributed by atoms with E-state index in [1.807, 2.05) is 97.9 Å². The van der Waals surface area contributed by atoms with Crippen molar-refractivity contribution in [1.29, 1.82) is 0 Å². The summed E-state index contributed by atoms with van der Waals surface area (Å²) in [7, 11) is 0. The third-order valence-electron chi connectivity index (χ3n) is 7.12. The fraction of sp³-hybridized carbons (Fsp3) is 0.526. The van der Waals surface area contributed by atoms with Crippen LogP contribution in [0.4, 0.5) is 4.39 Å². The molecule has 5 N–H and O–H groups in total. The van der Waals surface area contributed by atoms with Gasteiger partial charge in [0.15, 0.2) is 11.6 Å². The van der Waals surface area contributed by atoms with Crippen LogP contribution >= 0.6 is 11.6 Å². The second-order valence-electron chi connectivity index (χ2n) is 10.2. The first-order valence-corrected chi connectivity index (χ1v) is 17.1. The molecule has 0 saturated heterocycles. The first kappa shape index (κ1) is 41.6. The molecule has 0 aliphatic heterocycles. The van der Waals surface area contributed by atoms with Crippen molar-refractivity contribution in [3.8, 4) is 16.9 Å². The van der Waals surface area contributed by atoms with Crippen molar-refractivity contribution in [2.75, 3.05) is 13.2 Å². The zero-order valence-corrected chi connectivity index (χ0v) is 29.4. The number of benzene rings is 3. The molecular formula is C38H60ClFN2O2. The number of hydrogen-bond acceptors (Lipinski definition) is 4. The summed E-state index contributed by atoms with van der Waals surface area (Å²) in [6.45, 7) is 16.3. The fourth-order valence-corrected chi connectivity index (χ4v) is 5.15. The van der Waals surface area contributed by atoms with Crippen LogP contribution in [-0.4, -0.2) is 30.4 Å². The number of hydrogen-bond donors (Lipinski definition) is 3. The smallest absolute Gasteiger partial charge is 0.173 e. The summed E-state index contributed by atoms with van der Waals surface area (Å²) in [6, 6.07) is 19.6. The molecule has 1 saturated carbocycles. The van der Waals surface area contributed by atoms with Gasteiger partial charge in [0.25, 0.3) is 0 Å². The topological polar surface area (TPSA) is 81.5 Å². The summed E-state index contributed by atoms with van der Waals surface area (Å²) in [4.78, 5) is 0. The average Bonchev–Trinajstić information content (AvgIpc) is 3.06. The Balaban J connectivity index is 0.00000120. The standard InChI is InChI=1S/C26H29ClFNO2.C6H13N.3C2H6/c1-3-7-20(30)16-31-24-13-10-17(2)25(26(24)28)21-14-19(11-12-23(21)27)22(15-29)18-8-5-4-6-9-18;7-6-4-2-1-3-5-6;3*1-2/h4-6,8-14,20,22,30H,3,7,15-16,29H2,1-2H3;6H,1-5,7H2;3*1-2H3/t20-,22?;;;;/m0..../s1. The Hall–Kier alpha value is -2.44. The molecule has 4 nitrogen and oxygen atoms in total. The molecule has 6 heteroatoms. The molecule has 1 aliphatic carbocycles. The van der Waals surface area contributed by atoms with Crippen molar-refractivity contribution >= 4 is 11.6 Å². The highest BCUT2D eigenvalue weighted by Crippen LogP contribution is 2.38. The van der Waals surface area contributed by atoms with Crippen molar-refractivity contribution in [1.82, 2.24) is 0 Å². The summed E-state index contributed by atoms with van der Waals surface area (Å²) >= 11 is 6.51. The van der Waals surface area contributed by atoms with Crippen LogP contribution in [0.2, 0.25) is 5.02 Å². The molecule has 0 radical (unpaired) electrons. The molecule has 248 valence electrons. The Kier molecular flexibility index (Phi) is 23.5. The minimum absolute atomic E-state index is 0.0239. The Bertz CT molecular complexity index is 1140. The zero-order chi connectivity index (χ0) is 33.5. The van der Waals surface area contributed by atoms with Crippen LogP contribution in [0.5, 0.6) is 5.75 Å². The van der Waals surface area contributed by atoms with E-state index in [0.717, 1.165) is 23.1 Å². The summed E-state index contributed by atoms with van der Waals surface area (Å²) in [5.41, 5.74) is 15.5. The van der Waals surface area contributed by atoms with E-state index in [0.29, 0.717) is 35.2 Å². The quantitative estimate of drug-likeness (QED) is 0.220. The average molecular weight is 631 g/mol. The van der Waals surface area contributed by atoms with Crippen molar-refractivity contribution in [3.05, 3.63) is 88.2 Å². The van der Waals surface area contributed by atoms with Gasteiger partial charge in [0.1, 0.15) is 6.61 Å². The van der Waals surface area contributed by atoms with Gasteiger partial charge in [-0.2, -0.15) is 0 Å². The van der Waals surface area contributed by atoms with E-state index in [9.17, 15) is 5.11 Å².